The van der Waals surface area contributed by atoms with Crippen molar-refractivity contribution in [2.75, 3.05) is 13.7 Å². The molecule has 1 aromatic heterocycles. The smallest absolute Gasteiger partial charge is 0.0739 e. The van der Waals surface area contributed by atoms with Gasteiger partial charge < -0.3 is 10.1 Å². The Morgan fingerprint density at radius 1 is 1.41 bits per heavy atom. The van der Waals surface area contributed by atoms with Crippen LogP contribution in [0.25, 0.3) is 0 Å². The highest BCUT2D eigenvalue weighted by Crippen LogP contribution is 2.06. The Morgan fingerprint density at radius 2 is 2.12 bits per heavy atom. The van der Waals surface area contributed by atoms with Crippen molar-refractivity contribution in [2.45, 2.75) is 46.9 Å². The van der Waals surface area contributed by atoms with E-state index in [2.05, 4.69) is 37.4 Å². The molecule has 4 heteroatoms. The number of aromatic nitrogens is 2. The Kier molecular flexibility index (Phi) is 5.65. The minimum atomic E-state index is 0.200. The minimum Gasteiger partial charge on any atom is -0.380 e. The molecular weight excluding hydrogens is 214 g/mol. The fourth-order valence-electron chi connectivity index (χ4n) is 1.66. The van der Waals surface area contributed by atoms with Crippen molar-refractivity contribution in [2.24, 2.45) is 5.92 Å². The minimum absolute atomic E-state index is 0.200. The second-order valence-corrected chi connectivity index (χ2v) is 5.03. The first-order chi connectivity index (χ1) is 8.02. The molecule has 1 heterocycles. The predicted octanol–water partition coefficient (Wildman–Crippen LogP) is 1.97. The number of hydrogen-bond donors (Lipinski definition) is 1. The molecule has 17 heavy (non-hydrogen) atoms. The van der Waals surface area contributed by atoms with E-state index < -0.39 is 0 Å². The fourth-order valence-corrected chi connectivity index (χ4v) is 1.66. The molecule has 0 aliphatic rings. The highest BCUT2D eigenvalue weighted by Gasteiger charge is 2.07. The standard InChI is InChI=1S/C13H25N3O/c1-10(2)6-14-7-13-9-16(15-12(13)4)8-11(3)17-5/h9-11,14H,6-8H2,1-5H3. The van der Waals surface area contributed by atoms with E-state index in [1.807, 2.05) is 11.6 Å². The zero-order valence-corrected chi connectivity index (χ0v) is 11.7. The maximum Gasteiger partial charge on any atom is 0.0739 e. The lowest BCUT2D eigenvalue weighted by Crippen LogP contribution is -2.19. The normalized spacial score (nSPS) is 13.3. The molecular formula is C13H25N3O. The Hall–Kier alpha value is -0.870. The van der Waals surface area contributed by atoms with Crippen molar-refractivity contribution in [1.82, 2.24) is 15.1 Å². The van der Waals surface area contributed by atoms with Crippen LogP contribution in [-0.4, -0.2) is 29.5 Å². The second-order valence-electron chi connectivity index (χ2n) is 5.03. The second kappa shape index (κ2) is 6.77. The first-order valence-electron chi connectivity index (χ1n) is 6.29. The number of aryl methyl sites for hydroxylation is 1. The van der Waals surface area contributed by atoms with Crippen LogP contribution in [0.5, 0.6) is 0 Å². The third kappa shape index (κ3) is 4.88. The van der Waals surface area contributed by atoms with Gasteiger partial charge in [-0.05, 0) is 26.3 Å². The van der Waals surface area contributed by atoms with Crippen LogP contribution in [-0.2, 0) is 17.8 Å². The van der Waals surface area contributed by atoms with Gasteiger partial charge in [0.25, 0.3) is 0 Å². The average molecular weight is 239 g/mol. The van der Waals surface area contributed by atoms with Gasteiger partial charge >= 0.3 is 0 Å². The van der Waals surface area contributed by atoms with Gasteiger partial charge in [0.2, 0.25) is 0 Å². The molecule has 0 saturated carbocycles. The summed E-state index contributed by atoms with van der Waals surface area (Å²) in [5.41, 5.74) is 2.37. The van der Waals surface area contributed by atoms with Crippen LogP contribution in [0.2, 0.25) is 0 Å². The molecule has 0 aliphatic carbocycles. The third-order valence-corrected chi connectivity index (χ3v) is 2.76. The van der Waals surface area contributed by atoms with E-state index in [0.29, 0.717) is 5.92 Å². The van der Waals surface area contributed by atoms with E-state index in [1.165, 1.54) is 5.56 Å². The lowest BCUT2D eigenvalue weighted by atomic mass is 10.2. The van der Waals surface area contributed by atoms with E-state index in [0.717, 1.165) is 25.3 Å². The molecule has 4 nitrogen and oxygen atoms in total. The SMILES string of the molecule is COC(C)Cn1cc(CNCC(C)C)c(C)n1. The van der Waals surface area contributed by atoms with Crippen molar-refractivity contribution in [3.63, 3.8) is 0 Å². The van der Waals surface area contributed by atoms with E-state index in [-0.39, 0.29) is 6.10 Å². The van der Waals surface area contributed by atoms with Crippen LogP contribution in [0, 0.1) is 12.8 Å². The quantitative estimate of drug-likeness (QED) is 0.790. The van der Waals surface area contributed by atoms with Crippen LogP contribution < -0.4 is 5.32 Å². The number of methoxy groups -OCH3 is 1. The van der Waals surface area contributed by atoms with Crippen LogP contribution >= 0.6 is 0 Å². The van der Waals surface area contributed by atoms with Gasteiger partial charge in [0, 0.05) is 25.4 Å². The monoisotopic (exact) mass is 239 g/mol. The summed E-state index contributed by atoms with van der Waals surface area (Å²) in [5, 5.41) is 7.93. The number of nitrogens with one attached hydrogen (secondary N) is 1. The van der Waals surface area contributed by atoms with Crippen molar-refractivity contribution in [3.05, 3.63) is 17.5 Å². The van der Waals surface area contributed by atoms with Gasteiger partial charge in [0.1, 0.15) is 0 Å². The highest BCUT2D eigenvalue weighted by atomic mass is 16.5. The zero-order chi connectivity index (χ0) is 12.8. The Bertz CT molecular complexity index is 333. The van der Waals surface area contributed by atoms with Crippen molar-refractivity contribution in [3.8, 4) is 0 Å². The zero-order valence-electron chi connectivity index (χ0n) is 11.7. The number of nitrogens with zero attached hydrogens (tertiary/aromatic N) is 2. The molecule has 1 atom stereocenters. The Morgan fingerprint density at radius 3 is 2.71 bits per heavy atom. The molecule has 0 radical (unpaired) electrons. The van der Waals surface area contributed by atoms with E-state index in [4.69, 9.17) is 4.74 Å². The van der Waals surface area contributed by atoms with E-state index >= 15 is 0 Å². The summed E-state index contributed by atoms with van der Waals surface area (Å²) in [6.45, 7) is 11.3. The Labute approximate surface area is 104 Å². The summed E-state index contributed by atoms with van der Waals surface area (Å²) in [6.07, 6.45) is 2.31. The van der Waals surface area contributed by atoms with Gasteiger partial charge in [-0.1, -0.05) is 13.8 Å². The van der Waals surface area contributed by atoms with Crippen molar-refractivity contribution >= 4 is 0 Å². The summed E-state index contributed by atoms with van der Waals surface area (Å²) >= 11 is 0. The van der Waals surface area contributed by atoms with Gasteiger partial charge in [0.15, 0.2) is 0 Å². The maximum absolute atomic E-state index is 5.24. The molecule has 98 valence electrons. The first kappa shape index (κ1) is 14.2. The predicted molar refractivity (Wildman–Crippen MR) is 70.0 cm³/mol. The first-order valence-corrected chi connectivity index (χ1v) is 6.29. The van der Waals surface area contributed by atoms with Gasteiger partial charge in [-0.3, -0.25) is 4.68 Å². The molecule has 1 aromatic rings. The largest absolute Gasteiger partial charge is 0.380 e. The van der Waals surface area contributed by atoms with Gasteiger partial charge in [-0.15, -0.1) is 0 Å². The van der Waals surface area contributed by atoms with Crippen LogP contribution in [0.1, 0.15) is 32.0 Å². The molecule has 1 unspecified atom stereocenters. The van der Waals surface area contributed by atoms with Gasteiger partial charge in [0.05, 0.1) is 18.3 Å². The molecule has 1 rings (SSSR count). The summed E-state index contributed by atoms with van der Waals surface area (Å²) in [5.74, 6) is 0.680. The van der Waals surface area contributed by atoms with E-state index in [1.54, 1.807) is 7.11 Å². The molecule has 0 aromatic carbocycles. The highest BCUT2D eigenvalue weighted by molar-refractivity contribution is 5.15. The van der Waals surface area contributed by atoms with Crippen LogP contribution in [0.15, 0.2) is 6.20 Å². The molecule has 1 N–H and O–H groups in total. The molecule has 0 amide bonds. The summed E-state index contributed by atoms with van der Waals surface area (Å²) < 4.78 is 7.21. The molecule has 0 bridgehead atoms. The number of rotatable bonds is 7. The van der Waals surface area contributed by atoms with Crippen LogP contribution in [0.4, 0.5) is 0 Å². The summed E-state index contributed by atoms with van der Waals surface area (Å²) in [6, 6.07) is 0. The van der Waals surface area contributed by atoms with Gasteiger partial charge in [-0.2, -0.15) is 5.10 Å². The molecule has 0 saturated heterocycles. The van der Waals surface area contributed by atoms with Crippen molar-refractivity contribution < 1.29 is 4.74 Å². The number of hydrogen-bond acceptors (Lipinski definition) is 3. The lowest BCUT2D eigenvalue weighted by Gasteiger charge is -2.08. The average Bonchev–Trinajstić information content (AvgIpc) is 2.58. The molecule has 0 spiro atoms. The lowest BCUT2D eigenvalue weighted by molar-refractivity contribution is 0.0997. The fraction of sp³-hybridized carbons (Fsp3) is 0.769. The topological polar surface area (TPSA) is 39.1 Å². The third-order valence-electron chi connectivity index (χ3n) is 2.76. The maximum atomic E-state index is 5.24. The summed E-state index contributed by atoms with van der Waals surface area (Å²) in [7, 11) is 1.73. The van der Waals surface area contributed by atoms with Crippen molar-refractivity contribution in [1.29, 1.82) is 0 Å². The Balaban J connectivity index is 2.50. The molecule has 0 fully saturated rings. The number of ether oxygens (including phenoxy) is 1. The van der Waals surface area contributed by atoms with Crippen LogP contribution in [0.3, 0.4) is 0 Å². The molecule has 0 aliphatic heterocycles. The van der Waals surface area contributed by atoms with E-state index in [9.17, 15) is 0 Å². The summed E-state index contributed by atoms with van der Waals surface area (Å²) in [4.78, 5) is 0. The van der Waals surface area contributed by atoms with Gasteiger partial charge in [-0.25, -0.2) is 0 Å².